The van der Waals surface area contributed by atoms with E-state index in [0.29, 0.717) is 0 Å². The maximum atomic E-state index is 5.55. The zero-order valence-corrected chi connectivity index (χ0v) is 5.58. The molecular formula is C7H8Cl2. The monoisotopic (exact) mass is 162 g/mol. The first-order chi connectivity index (χ1) is 3.79. The quantitative estimate of drug-likeness (QED) is 0.547. The first-order valence-electron chi connectivity index (χ1n) is 2.20. The van der Waals surface area contributed by atoms with Gasteiger partial charge in [-0.15, -0.1) is 0 Å². The lowest BCUT2D eigenvalue weighted by molar-refractivity contribution is 1.71. The normalized spacial score (nSPS) is 8.22. The van der Waals surface area contributed by atoms with Crippen LogP contribution in [0, 0.1) is 0 Å². The molecule has 0 saturated heterocycles. The Hall–Kier alpha value is -0.200. The molecule has 0 aromatic heterocycles. The summed E-state index contributed by atoms with van der Waals surface area (Å²) in [5.74, 6) is 0. The molecule has 50 valence electrons. The van der Waals surface area contributed by atoms with Crippen molar-refractivity contribution < 1.29 is 0 Å². The lowest BCUT2D eigenvalue weighted by Crippen LogP contribution is -1.60. The highest BCUT2D eigenvalue weighted by Gasteiger charge is 1.83. The number of halogens is 2. The summed E-state index contributed by atoms with van der Waals surface area (Å²) in [5, 5.41) is 1.43. The predicted molar refractivity (Wildman–Crippen MR) is 43.2 cm³/mol. The predicted octanol–water partition coefficient (Wildman–Crippen LogP) is 3.63. The second-order valence-corrected chi connectivity index (χ2v) is 2.31. The molecule has 0 fully saturated rings. The van der Waals surface area contributed by atoms with Gasteiger partial charge in [0, 0.05) is 10.0 Å². The van der Waals surface area contributed by atoms with Crippen LogP contribution in [0.15, 0.2) is 24.3 Å². The summed E-state index contributed by atoms with van der Waals surface area (Å²) in [7, 11) is 0. The highest BCUT2D eigenvalue weighted by molar-refractivity contribution is 6.32. The van der Waals surface area contributed by atoms with Crippen LogP contribution in [-0.4, -0.2) is 0 Å². The molecule has 1 aromatic carbocycles. The van der Waals surface area contributed by atoms with E-state index in [0.717, 1.165) is 10.0 Å². The van der Waals surface area contributed by atoms with Crippen molar-refractivity contribution in [2.24, 2.45) is 0 Å². The fourth-order valence-electron chi connectivity index (χ4n) is 0.430. The third kappa shape index (κ3) is 2.73. The third-order valence-corrected chi connectivity index (χ3v) is 1.31. The highest BCUT2D eigenvalue weighted by atomic mass is 35.5. The van der Waals surface area contributed by atoms with E-state index in [2.05, 4.69) is 0 Å². The van der Waals surface area contributed by atoms with E-state index < -0.39 is 0 Å². The Labute approximate surface area is 65.4 Å². The Morgan fingerprint density at radius 1 is 0.778 bits per heavy atom. The van der Waals surface area contributed by atoms with Gasteiger partial charge in [-0.3, -0.25) is 0 Å². The molecular weight excluding hydrogens is 155 g/mol. The van der Waals surface area contributed by atoms with Crippen LogP contribution in [0.3, 0.4) is 0 Å². The van der Waals surface area contributed by atoms with Gasteiger partial charge >= 0.3 is 0 Å². The SMILES string of the molecule is C.Clc1ccc(Cl)cc1. The van der Waals surface area contributed by atoms with E-state index in [1.165, 1.54) is 0 Å². The molecule has 0 amide bonds. The van der Waals surface area contributed by atoms with Gasteiger partial charge in [-0.05, 0) is 24.3 Å². The Morgan fingerprint density at radius 3 is 1.22 bits per heavy atom. The lowest BCUT2D eigenvalue weighted by Gasteiger charge is -1.86. The minimum atomic E-state index is 0. The second kappa shape index (κ2) is 3.76. The Bertz CT molecular complexity index is 146. The Morgan fingerprint density at radius 2 is 1.00 bits per heavy atom. The first kappa shape index (κ1) is 8.80. The summed E-state index contributed by atoms with van der Waals surface area (Å²) in [6, 6.07) is 7.02. The zero-order valence-electron chi connectivity index (χ0n) is 4.07. The molecule has 0 unspecified atom stereocenters. The van der Waals surface area contributed by atoms with Gasteiger partial charge in [0.25, 0.3) is 0 Å². The van der Waals surface area contributed by atoms with Gasteiger partial charge in [-0.2, -0.15) is 0 Å². The first-order valence-corrected chi connectivity index (χ1v) is 2.96. The van der Waals surface area contributed by atoms with Crippen LogP contribution in [-0.2, 0) is 0 Å². The molecule has 1 rings (SSSR count). The summed E-state index contributed by atoms with van der Waals surface area (Å²) >= 11 is 11.1. The molecule has 0 atom stereocenters. The maximum absolute atomic E-state index is 5.55. The fourth-order valence-corrected chi connectivity index (χ4v) is 0.682. The topological polar surface area (TPSA) is 0 Å². The fraction of sp³-hybridized carbons (Fsp3) is 0.143. The summed E-state index contributed by atoms with van der Waals surface area (Å²) < 4.78 is 0. The van der Waals surface area contributed by atoms with Crippen molar-refractivity contribution in [2.75, 3.05) is 0 Å². The molecule has 0 N–H and O–H groups in total. The van der Waals surface area contributed by atoms with Crippen molar-refractivity contribution in [1.82, 2.24) is 0 Å². The molecule has 1 aromatic rings. The Kier molecular flexibility index (Phi) is 3.67. The number of rotatable bonds is 0. The zero-order chi connectivity index (χ0) is 5.98. The lowest BCUT2D eigenvalue weighted by atomic mass is 10.4. The van der Waals surface area contributed by atoms with Crippen LogP contribution in [0.4, 0.5) is 0 Å². The molecule has 0 bridgehead atoms. The third-order valence-electron chi connectivity index (χ3n) is 0.804. The van der Waals surface area contributed by atoms with Gasteiger partial charge in [0.2, 0.25) is 0 Å². The van der Waals surface area contributed by atoms with Gasteiger partial charge in [0.15, 0.2) is 0 Å². The smallest absolute Gasteiger partial charge is 0.0407 e. The molecule has 2 heteroatoms. The van der Waals surface area contributed by atoms with Crippen LogP contribution in [0.5, 0.6) is 0 Å². The molecule has 0 nitrogen and oxygen atoms in total. The molecule has 0 aliphatic heterocycles. The van der Waals surface area contributed by atoms with Crippen molar-refractivity contribution in [1.29, 1.82) is 0 Å². The average molecular weight is 163 g/mol. The van der Waals surface area contributed by atoms with Crippen LogP contribution < -0.4 is 0 Å². The van der Waals surface area contributed by atoms with Crippen LogP contribution in [0.25, 0.3) is 0 Å². The van der Waals surface area contributed by atoms with E-state index in [4.69, 9.17) is 23.2 Å². The Balaban J connectivity index is 0.000000640. The standard InChI is InChI=1S/C6H4Cl2.CH4/c7-5-1-2-6(8)4-3-5;/h1-4H;1H4. The summed E-state index contributed by atoms with van der Waals surface area (Å²) in [5.41, 5.74) is 0. The van der Waals surface area contributed by atoms with E-state index >= 15 is 0 Å². The van der Waals surface area contributed by atoms with Crippen molar-refractivity contribution in [3.63, 3.8) is 0 Å². The van der Waals surface area contributed by atoms with Gasteiger partial charge in [0.05, 0.1) is 0 Å². The minimum absolute atomic E-state index is 0. The molecule has 9 heavy (non-hydrogen) atoms. The minimum Gasteiger partial charge on any atom is -0.0843 e. The van der Waals surface area contributed by atoms with Crippen molar-refractivity contribution in [3.05, 3.63) is 34.3 Å². The van der Waals surface area contributed by atoms with E-state index in [1.54, 1.807) is 24.3 Å². The van der Waals surface area contributed by atoms with E-state index in [9.17, 15) is 0 Å². The number of hydrogen-bond acceptors (Lipinski definition) is 0. The van der Waals surface area contributed by atoms with Crippen LogP contribution in [0.2, 0.25) is 10.0 Å². The largest absolute Gasteiger partial charge is 0.0843 e. The molecule has 0 aliphatic carbocycles. The molecule has 0 saturated carbocycles. The molecule has 0 aliphatic rings. The highest BCUT2D eigenvalue weighted by Crippen LogP contribution is 2.12. The average Bonchev–Trinajstić information content (AvgIpc) is 1.77. The van der Waals surface area contributed by atoms with Crippen LogP contribution >= 0.6 is 23.2 Å². The summed E-state index contributed by atoms with van der Waals surface area (Å²) in [6.07, 6.45) is 0. The number of hydrogen-bond donors (Lipinski definition) is 0. The van der Waals surface area contributed by atoms with Gasteiger partial charge < -0.3 is 0 Å². The summed E-state index contributed by atoms with van der Waals surface area (Å²) in [6.45, 7) is 0. The van der Waals surface area contributed by atoms with Gasteiger partial charge in [-0.1, -0.05) is 30.6 Å². The van der Waals surface area contributed by atoms with Crippen molar-refractivity contribution in [3.8, 4) is 0 Å². The second-order valence-electron chi connectivity index (χ2n) is 1.44. The van der Waals surface area contributed by atoms with E-state index in [-0.39, 0.29) is 7.43 Å². The van der Waals surface area contributed by atoms with Crippen molar-refractivity contribution in [2.45, 2.75) is 7.43 Å². The van der Waals surface area contributed by atoms with E-state index in [1.807, 2.05) is 0 Å². The number of benzene rings is 1. The maximum Gasteiger partial charge on any atom is 0.0407 e. The van der Waals surface area contributed by atoms with Gasteiger partial charge in [-0.25, -0.2) is 0 Å². The summed E-state index contributed by atoms with van der Waals surface area (Å²) in [4.78, 5) is 0. The van der Waals surface area contributed by atoms with Crippen molar-refractivity contribution >= 4 is 23.2 Å². The van der Waals surface area contributed by atoms with Gasteiger partial charge in [0.1, 0.15) is 0 Å². The molecule has 0 heterocycles. The molecule has 0 radical (unpaired) electrons. The van der Waals surface area contributed by atoms with Crippen LogP contribution in [0.1, 0.15) is 7.43 Å². The molecule has 0 spiro atoms.